The minimum Gasteiger partial charge on any atom is -0.391 e. The molecule has 2 atom stereocenters. The first-order chi connectivity index (χ1) is 12.3. The second-order valence-electron chi connectivity index (χ2n) is 8.00. The lowest BCUT2D eigenvalue weighted by molar-refractivity contribution is 0.0883. The van der Waals surface area contributed by atoms with Crippen LogP contribution in [0.4, 0.5) is 0 Å². The fourth-order valence-corrected chi connectivity index (χ4v) is 3.71. The molecule has 0 spiro atoms. The van der Waals surface area contributed by atoms with Gasteiger partial charge in [-0.2, -0.15) is 0 Å². The minimum atomic E-state index is -0.238. The van der Waals surface area contributed by atoms with Gasteiger partial charge in [0.05, 0.1) is 18.8 Å². The zero-order chi connectivity index (χ0) is 18.0. The fourth-order valence-electron chi connectivity index (χ4n) is 3.71. The minimum absolute atomic E-state index is 0.228. The van der Waals surface area contributed by atoms with E-state index in [1.165, 1.54) is 96.3 Å². The van der Waals surface area contributed by atoms with E-state index in [1.807, 2.05) is 0 Å². The summed E-state index contributed by atoms with van der Waals surface area (Å²) in [4.78, 5) is 0. The van der Waals surface area contributed by atoms with Gasteiger partial charge in [-0.05, 0) is 13.0 Å². The van der Waals surface area contributed by atoms with Crippen molar-refractivity contribution in [3.63, 3.8) is 0 Å². The van der Waals surface area contributed by atoms with Crippen LogP contribution in [0.1, 0.15) is 110 Å². The molecule has 0 aliphatic carbocycles. The zero-order valence-corrected chi connectivity index (χ0v) is 16.9. The first-order valence-corrected chi connectivity index (χ1v) is 11.3. The molecule has 150 valence electrons. The number of hydrogen-bond acceptors (Lipinski definition) is 3. The van der Waals surface area contributed by atoms with E-state index in [2.05, 4.69) is 12.2 Å². The Bertz CT molecular complexity index is 273. The van der Waals surface area contributed by atoms with Gasteiger partial charge in [0.15, 0.2) is 0 Å². The van der Waals surface area contributed by atoms with Gasteiger partial charge in [0.25, 0.3) is 0 Å². The van der Waals surface area contributed by atoms with Gasteiger partial charge in [0.2, 0.25) is 0 Å². The maximum atomic E-state index is 9.39. The third-order valence-electron chi connectivity index (χ3n) is 5.39. The van der Waals surface area contributed by atoms with E-state index >= 15 is 0 Å². The molecule has 0 radical (unpaired) electrons. The topological polar surface area (TPSA) is 41.5 Å². The summed E-state index contributed by atoms with van der Waals surface area (Å²) in [6, 6.07) is 0. The molecule has 1 saturated heterocycles. The van der Waals surface area contributed by atoms with Gasteiger partial charge in [-0.1, -0.05) is 96.8 Å². The molecular formula is C22H45NO2. The molecule has 3 nitrogen and oxygen atoms in total. The first kappa shape index (κ1) is 22.9. The van der Waals surface area contributed by atoms with Crippen molar-refractivity contribution in [3.05, 3.63) is 0 Å². The molecule has 2 unspecified atom stereocenters. The van der Waals surface area contributed by atoms with Gasteiger partial charge in [-0.25, -0.2) is 0 Å². The molecule has 0 amide bonds. The second kappa shape index (κ2) is 17.3. The number of ether oxygens (including phenoxy) is 1. The van der Waals surface area contributed by atoms with Crippen molar-refractivity contribution < 1.29 is 9.84 Å². The molecule has 1 fully saturated rings. The molecule has 0 aromatic carbocycles. The highest BCUT2D eigenvalue weighted by Crippen LogP contribution is 2.14. The number of aliphatic hydroxyl groups is 1. The Morgan fingerprint density at radius 3 is 1.68 bits per heavy atom. The van der Waals surface area contributed by atoms with E-state index < -0.39 is 0 Å². The second-order valence-corrected chi connectivity index (χ2v) is 8.00. The monoisotopic (exact) mass is 355 g/mol. The maximum absolute atomic E-state index is 9.39. The summed E-state index contributed by atoms with van der Waals surface area (Å²) < 4.78 is 5.48. The van der Waals surface area contributed by atoms with Crippen LogP contribution in [0.15, 0.2) is 0 Å². The summed E-state index contributed by atoms with van der Waals surface area (Å²) in [5.41, 5.74) is 0. The average Bonchev–Trinajstić information content (AvgIpc) is 3.03. The molecule has 25 heavy (non-hydrogen) atoms. The summed E-state index contributed by atoms with van der Waals surface area (Å²) in [6.45, 7) is 4.80. The number of rotatable bonds is 18. The number of nitrogens with one attached hydrogen (secondary N) is 1. The third kappa shape index (κ3) is 14.7. The van der Waals surface area contributed by atoms with Crippen LogP contribution in [-0.2, 0) is 4.74 Å². The zero-order valence-electron chi connectivity index (χ0n) is 16.9. The Morgan fingerprint density at radius 1 is 0.760 bits per heavy atom. The highest BCUT2D eigenvalue weighted by Gasteiger charge is 2.22. The summed E-state index contributed by atoms with van der Waals surface area (Å²) >= 11 is 0. The van der Waals surface area contributed by atoms with Crippen molar-refractivity contribution >= 4 is 0 Å². The molecule has 1 heterocycles. The summed E-state index contributed by atoms with van der Waals surface area (Å²) in [6.07, 6.45) is 22.0. The van der Waals surface area contributed by atoms with Crippen molar-refractivity contribution in [1.29, 1.82) is 0 Å². The van der Waals surface area contributed by atoms with E-state index in [-0.39, 0.29) is 12.2 Å². The molecule has 0 aromatic heterocycles. The van der Waals surface area contributed by atoms with Gasteiger partial charge in [-0.3, -0.25) is 0 Å². The highest BCUT2D eigenvalue weighted by atomic mass is 16.5. The predicted octanol–water partition coefficient (Wildman–Crippen LogP) is 5.60. The van der Waals surface area contributed by atoms with Crippen LogP contribution in [0.3, 0.4) is 0 Å². The van der Waals surface area contributed by atoms with Crippen LogP contribution in [0.2, 0.25) is 0 Å². The normalized spacial score (nSPS) is 20.4. The molecule has 2 N–H and O–H groups in total. The van der Waals surface area contributed by atoms with Gasteiger partial charge in [0.1, 0.15) is 0 Å². The van der Waals surface area contributed by atoms with Crippen LogP contribution in [0.25, 0.3) is 0 Å². The average molecular weight is 356 g/mol. The predicted molar refractivity (Wildman–Crippen MR) is 108 cm³/mol. The van der Waals surface area contributed by atoms with Crippen LogP contribution in [-0.4, -0.2) is 37.0 Å². The van der Waals surface area contributed by atoms with E-state index in [9.17, 15) is 5.11 Å². The van der Waals surface area contributed by atoms with Crippen LogP contribution in [0, 0.1) is 0 Å². The van der Waals surface area contributed by atoms with Gasteiger partial charge in [0, 0.05) is 13.0 Å². The Hall–Kier alpha value is -0.120. The molecule has 0 saturated carbocycles. The van der Waals surface area contributed by atoms with Crippen LogP contribution >= 0.6 is 0 Å². The summed E-state index contributed by atoms with van der Waals surface area (Å²) in [5.74, 6) is 0. The molecular weight excluding hydrogens is 310 g/mol. The Balaban J connectivity index is 1.65. The van der Waals surface area contributed by atoms with Crippen LogP contribution < -0.4 is 5.32 Å². The number of hydrogen-bond donors (Lipinski definition) is 2. The van der Waals surface area contributed by atoms with Gasteiger partial charge >= 0.3 is 0 Å². The van der Waals surface area contributed by atoms with Gasteiger partial charge in [-0.15, -0.1) is 0 Å². The van der Waals surface area contributed by atoms with E-state index in [0.29, 0.717) is 6.61 Å². The molecule has 1 rings (SSSR count). The first-order valence-electron chi connectivity index (χ1n) is 11.3. The SMILES string of the molecule is CCCCCCCCCCCCCCCCCNCC1CC(O)CO1. The highest BCUT2D eigenvalue weighted by molar-refractivity contribution is 4.74. The van der Waals surface area contributed by atoms with E-state index in [1.54, 1.807) is 0 Å². The Morgan fingerprint density at radius 2 is 1.24 bits per heavy atom. The van der Waals surface area contributed by atoms with Crippen molar-refractivity contribution in [1.82, 2.24) is 5.32 Å². The lowest BCUT2D eigenvalue weighted by Gasteiger charge is -2.10. The Kier molecular flexibility index (Phi) is 15.9. The number of aliphatic hydroxyl groups excluding tert-OH is 1. The molecule has 1 aliphatic heterocycles. The lowest BCUT2D eigenvalue weighted by Crippen LogP contribution is -2.27. The van der Waals surface area contributed by atoms with Crippen molar-refractivity contribution in [3.8, 4) is 0 Å². The summed E-state index contributed by atoms with van der Waals surface area (Å²) in [5, 5.41) is 12.8. The third-order valence-corrected chi connectivity index (χ3v) is 5.39. The molecule has 0 bridgehead atoms. The van der Waals surface area contributed by atoms with Crippen LogP contribution in [0.5, 0.6) is 0 Å². The smallest absolute Gasteiger partial charge is 0.0799 e. The maximum Gasteiger partial charge on any atom is 0.0799 e. The molecule has 3 heteroatoms. The molecule has 1 aliphatic rings. The fraction of sp³-hybridized carbons (Fsp3) is 1.00. The standard InChI is InChI=1S/C22H45NO2/c1-2-3-4-5-6-7-8-9-10-11-12-13-14-15-16-17-23-19-22-18-21(24)20-25-22/h21-24H,2-20H2,1H3. The van der Waals surface area contributed by atoms with Crippen molar-refractivity contribution in [2.75, 3.05) is 19.7 Å². The largest absolute Gasteiger partial charge is 0.391 e. The summed E-state index contributed by atoms with van der Waals surface area (Å²) in [7, 11) is 0. The van der Waals surface area contributed by atoms with Gasteiger partial charge < -0.3 is 15.2 Å². The Labute approximate surface area is 157 Å². The number of unbranched alkanes of at least 4 members (excludes halogenated alkanes) is 14. The van der Waals surface area contributed by atoms with Crippen molar-refractivity contribution in [2.45, 2.75) is 122 Å². The molecule has 0 aromatic rings. The lowest BCUT2D eigenvalue weighted by atomic mass is 10.0. The van der Waals surface area contributed by atoms with E-state index in [4.69, 9.17) is 4.74 Å². The van der Waals surface area contributed by atoms with E-state index in [0.717, 1.165) is 19.5 Å². The quantitative estimate of drug-likeness (QED) is 0.315. The van der Waals surface area contributed by atoms with Crippen molar-refractivity contribution in [2.24, 2.45) is 0 Å².